The molecule has 0 unspecified atom stereocenters. The quantitative estimate of drug-likeness (QED) is 0.711. The highest BCUT2D eigenvalue weighted by Gasteiger charge is 2.04. The van der Waals surface area contributed by atoms with Crippen LogP contribution in [0.25, 0.3) is 0 Å². The molecular formula is C12H17N3O2S. The topological polar surface area (TPSA) is 70.2 Å². The van der Waals surface area contributed by atoms with Crippen molar-refractivity contribution in [2.75, 3.05) is 24.7 Å². The van der Waals surface area contributed by atoms with Gasteiger partial charge in [0.15, 0.2) is 0 Å². The van der Waals surface area contributed by atoms with Gasteiger partial charge in [0.05, 0.1) is 6.54 Å². The van der Waals surface area contributed by atoms with Gasteiger partial charge in [-0.05, 0) is 31.4 Å². The van der Waals surface area contributed by atoms with Gasteiger partial charge in [0.2, 0.25) is 5.91 Å². The second kappa shape index (κ2) is 7.60. The van der Waals surface area contributed by atoms with Crippen LogP contribution in [-0.4, -0.2) is 31.3 Å². The molecule has 0 aliphatic carbocycles. The van der Waals surface area contributed by atoms with E-state index in [9.17, 15) is 9.59 Å². The number of urea groups is 1. The van der Waals surface area contributed by atoms with Gasteiger partial charge in [-0.1, -0.05) is 6.07 Å². The van der Waals surface area contributed by atoms with Crippen LogP contribution in [0.3, 0.4) is 0 Å². The van der Waals surface area contributed by atoms with Crippen LogP contribution >= 0.6 is 11.8 Å². The van der Waals surface area contributed by atoms with Gasteiger partial charge < -0.3 is 16.0 Å². The molecule has 5 nitrogen and oxygen atoms in total. The standard InChI is InChI=1S/C12H17N3O2S/c1-3-13-11(16)8-14-12(17)15-9-5-4-6-10(7-9)18-2/h4-7H,3,8H2,1-2H3,(H,13,16)(H2,14,15,17). The zero-order valence-electron chi connectivity index (χ0n) is 10.4. The average Bonchev–Trinajstić information content (AvgIpc) is 2.37. The summed E-state index contributed by atoms with van der Waals surface area (Å²) in [5.74, 6) is -0.203. The van der Waals surface area contributed by atoms with Crippen molar-refractivity contribution < 1.29 is 9.59 Å². The van der Waals surface area contributed by atoms with Gasteiger partial charge in [-0.15, -0.1) is 11.8 Å². The highest BCUT2D eigenvalue weighted by Crippen LogP contribution is 2.18. The smallest absolute Gasteiger partial charge is 0.319 e. The molecular weight excluding hydrogens is 250 g/mol. The molecule has 98 valence electrons. The third-order valence-corrected chi connectivity index (χ3v) is 2.84. The maximum absolute atomic E-state index is 11.5. The first-order chi connectivity index (χ1) is 8.65. The number of amides is 3. The molecule has 1 aromatic rings. The lowest BCUT2D eigenvalue weighted by Gasteiger charge is -2.08. The second-order valence-electron chi connectivity index (χ2n) is 3.49. The summed E-state index contributed by atoms with van der Waals surface area (Å²) in [6.45, 7) is 2.35. The van der Waals surface area contributed by atoms with Gasteiger partial charge in [0.1, 0.15) is 0 Å². The van der Waals surface area contributed by atoms with Crippen LogP contribution in [-0.2, 0) is 4.79 Å². The van der Waals surface area contributed by atoms with Gasteiger partial charge >= 0.3 is 6.03 Å². The van der Waals surface area contributed by atoms with E-state index in [4.69, 9.17) is 0 Å². The van der Waals surface area contributed by atoms with Crippen LogP contribution in [0.4, 0.5) is 10.5 Å². The van der Waals surface area contributed by atoms with E-state index in [0.29, 0.717) is 12.2 Å². The first kappa shape index (κ1) is 14.4. The summed E-state index contributed by atoms with van der Waals surface area (Å²) in [5, 5.41) is 7.75. The number of hydrogen-bond donors (Lipinski definition) is 3. The molecule has 0 fully saturated rings. The van der Waals surface area contributed by atoms with Crippen LogP contribution in [0.5, 0.6) is 0 Å². The highest BCUT2D eigenvalue weighted by atomic mass is 32.2. The number of carbonyl (C=O) groups is 2. The van der Waals surface area contributed by atoms with Crippen LogP contribution < -0.4 is 16.0 Å². The van der Waals surface area contributed by atoms with E-state index in [-0.39, 0.29) is 18.5 Å². The number of anilines is 1. The number of hydrogen-bond acceptors (Lipinski definition) is 3. The molecule has 3 amide bonds. The molecule has 18 heavy (non-hydrogen) atoms. The Balaban J connectivity index is 2.42. The maximum Gasteiger partial charge on any atom is 0.319 e. The predicted octanol–water partition coefficient (Wildman–Crippen LogP) is 1.67. The first-order valence-corrected chi connectivity index (χ1v) is 6.83. The van der Waals surface area contributed by atoms with Gasteiger partial charge in [-0.2, -0.15) is 0 Å². The summed E-state index contributed by atoms with van der Waals surface area (Å²) < 4.78 is 0. The van der Waals surface area contributed by atoms with Crippen molar-refractivity contribution >= 4 is 29.4 Å². The number of thioether (sulfide) groups is 1. The molecule has 6 heteroatoms. The molecule has 0 saturated carbocycles. The van der Waals surface area contributed by atoms with Crippen LogP contribution in [0, 0.1) is 0 Å². The fourth-order valence-electron chi connectivity index (χ4n) is 1.30. The van der Waals surface area contributed by atoms with Crippen LogP contribution in [0.15, 0.2) is 29.2 Å². The summed E-state index contributed by atoms with van der Waals surface area (Å²) in [7, 11) is 0. The van der Waals surface area contributed by atoms with E-state index in [1.165, 1.54) is 0 Å². The molecule has 0 bridgehead atoms. The molecule has 0 aliphatic rings. The fraction of sp³-hybridized carbons (Fsp3) is 0.333. The molecule has 0 aromatic heterocycles. The monoisotopic (exact) mass is 267 g/mol. The van der Waals surface area contributed by atoms with Crippen molar-refractivity contribution in [1.82, 2.24) is 10.6 Å². The number of nitrogens with one attached hydrogen (secondary N) is 3. The zero-order chi connectivity index (χ0) is 13.4. The summed E-state index contributed by atoms with van der Waals surface area (Å²) >= 11 is 1.60. The van der Waals surface area contributed by atoms with Crippen molar-refractivity contribution in [2.24, 2.45) is 0 Å². The van der Waals surface area contributed by atoms with Crippen LogP contribution in [0.1, 0.15) is 6.92 Å². The highest BCUT2D eigenvalue weighted by molar-refractivity contribution is 7.98. The molecule has 0 heterocycles. The van der Waals surface area contributed by atoms with E-state index < -0.39 is 0 Å². The number of carbonyl (C=O) groups excluding carboxylic acids is 2. The fourth-order valence-corrected chi connectivity index (χ4v) is 1.76. The van der Waals surface area contributed by atoms with Crippen molar-refractivity contribution in [3.05, 3.63) is 24.3 Å². The van der Waals surface area contributed by atoms with Gasteiger partial charge in [-0.25, -0.2) is 4.79 Å². The summed E-state index contributed by atoms with van der Waals surface area (Å²) in [6.07, 6.45) is 1.97. The zero-order valence-corrected chi connectivity index (χ0v) is 11.3. The number of rotatable bonds is 5. The normalized spacial score (nSPS) is 9.67. The third-order valence-electron chi connectivity index (χ3n) is 2.11. The Morgan fingerprint density at radius 2 is 2.06 bits per heavy atom. The largest absolute Gasteiger partial charge is 0.355 e. The van der Waals surface area contributed by atoms with Gasteiger partial charge in [0, 0.05) is 17.1 Å². The van der Waals surface area contributed by atoms with E-state index in [1.54, 1.807) is 17.8 Å². The Morgan fingerprint density at radius 3 is 2.72 bits per heavy atom. The van der Waals surface area contributed by atoms with E-state index in [0.717, 1.165) is 4.90 Å². The minimum atomic E-state index is -0.389. The molecule has 1 rings (SSSR count). The Bertz CT molecular complexity index is 424. The summed E-state index contributed by atoms with van der Waals surface area (Å²) in [5.41, 5.74) is 0.704. The summed E-state index contributed by atoms with van der Waals surface area (Å²) in [6, 6.07) is 7.11. The lowest BCUT2D eigenvalue weighted by Crippen LogP contribution is -2.38. The number of benzene rings is 1. The van der Waals surface area contributed by atoms with E-state index in [2.05, 4.69) is 16.0 Å². The van der Waals surface area contributed by atoms with Gasteiger partial charge in [-0.3, -0.25) is 4.79 Å². The molecule has 1 aromatic carbocycles. The molecule has 0 saturated heterocycles. The van der Waals surface area contributed by atoms with Crippen molar-refractivity contribution in [3.63, 3.8) is 0 Å². The number of likely N-dealkylation sites (N-methyl/N-ethyl adjacent to an activating group) is 1. The Kier molecular flexibility index (Phi) is 6.07. The van der Waals surface area contributed by atoms with Crippen LogP contribution in [0.2, 0.25) is 0 Å². The van der Waals surface area contributed by atoms with Crippen molar-refractivity contribution in [3.8, 4) is 0 Å². The van der Waals surface area contributed by atoms with E-state index in [1.807, 2.05) is 31.4 Å². The van der Waals surface area contributed by atoms with E-state index >= 15 is 0 Å². The molecule has 0 radical (unpaired) electrons. The Morgan fingerprint density at radius 1 is 1.28 bits per heavy atom. The Labute approximate surface area is 111 Å². The lowest BCUT2D eigenvalue weighted by atomic mass is 10.3. The SMILES string of the molecule is CCNC(=O)CNC(=O)Nc1cccc(SC)c1. The second-order valence-corrected chi connectivity index (χ2v) is 4.37. The maximum atomic E-state index is 11.5. The minimum Gasteiger partial charge on any atom is -0.355 e. The third kappa shape index (κ3) is 5.09. The molecule has 3 N–H and O–H groups in total. The Hall–Kier alpha value is -1.69. The van der Waals surface area contributed by atoms with Crippen molar-refractivity contribution in [1.29, 1.82) is 0 Å². The first-order valence-electron chi connectivity index (χ1n) is 5.61. The minimum absolute atomic E-state index is 0.0259. The predicted molar refractivity (Wildman–Crippen MR) is 73.9 cm³/mol. The average molecular weight is 267 g/mol. The molecule has 0 spiro atoms. The van der Waals surface area contributed by atoms with Crippen molar-refractivity contribution in [2.45, 2.75) is 11.8 Å². The molecule has 0 atom stereocenters. The summed E-state index contributed by atoms with van der Waals surface area (Å²) in [4.78, 5) is 23.7. The molecule has 0 aliphatic heterocycles. The van der Waals surface area contributed by atoms with Gasteiger partial charge in [0.25, 0.3) is 0 Å². The lowest BCUT2D eigenvalue weighted by molar-refractivity contribution is -0.119.